The normalized spacial score (nSPS) is 11.5. The van der Waals surface area contributed by atoms with Gasteiger partial charge in [-0.2, -0.15) is 4.68 Å². The Labute approximate surface area is 191 Å². The smallest absolute Gasteiger partial charge is 0.261 e. The van der Waals surface area contributed by atoms with Crippen LogP contribution in [0.15, 0.2) is 93.9 Å². The molecule has 0 spiro atoms. The van der Waals surface area contributed by atoms with Crippen molar-refractivity contribution in [1.29, 1.82) is 0 Å². The van der Waals surface area contributed by atoms with Crippen molar-refractivity contribution < 1.29 is 12.8 Å². The summed E-state index contributed by atoms with van der Waals surface area (Å²) in [6, 6.07) is 20.8. The molecule has 12 heteroatoms. The zero-order chi connectivity index (χ0) is 22.8. The Bertz CT molecular complexity index is 1540. The minimum Gasteiger partial charge on any atom is -0.261 e. The van der Waals surface area contributed by atoms with E-state index >= 15 is 0 Å². The quantitative estimate of drug-likeness (QED) is 0.392. The fraction of sp³-hybridized carbons (Fsp3) is 0. The van der Waals surface area contributed by atoms with Crippen LogP contribution in [-0.4, -0.2) is 38.6 Å². The number of nitrogens with one attached hydrogen (secondary N) is 1. The lowest BCUT2D eigenvalue weighted by molar-refractivity contribution is 0.599. The molecule has 0 saturated carbocycles. The van der Waals surface area contributed by atoms with Gasteiger partial charge in [-0.3, -0.25) is 4.72 Å². The predicted octanol–water partition coefficient (Wildman–Crippen LogP) is 3.70. The molecule has 0 aliphatic rings. The molecule has 9 nitrogen and oxygen atoms in total. The molecule has 3 aromatic carbocycles. The van der Waals surface area contributed by atoms with Crippen molar-refractivity contribution in [3.8, 4) is 5.69 Å². The molecule has 0 bridgehead atoms. The fourth-order valence-corrected chi connectivity index (χ4v) is 4.87. The lowest BCUT2D eigenvalue weighted by Crippen LogP contribution is -2.15. The number of para-hydroxylation sites is 3. The maximum atomic E-state index is 13.3. The van der Waals surface area contributed by atoms with E-state index in [1.54, 1.807) is 18.2 Å². The molecular weight excluding hydrogens is 465 g/mol. The molecule has 0 aliphatic carbocycles. The Morgan fingerprint density at radius 1 is 0.848 bits per heavy atom. The molecule has 2 heterocycles. The zero-order valence-corrected chi connectivity index (χ0v) is 18.3. The van der Waals surface area contributed by atoms with E-state index in [9.17, 15) is 12.8 Å². The third-order valence-electron chi connectivity index (χ3n) is 4.52. The van der Waals surface area contributed by atoms with Gasteiger partial charge in [-0.15, -0.1) is 5.10 Å². The van der Waals surface area contributed by atoms with Crippen LogP contribution < -0.4 is 4.72 Å². The maximum absolute atomic E-state index is 13.3. The standard InChI is InChI=1S/C21H14FN7O2S2/c22-14-10-12-16(13-11-14)33(30,31)26-19-20(24-18-9-5-4-8-17(18)23-19)32-21-25-27-28-29(21)15-6-2-1-3-7-15/h1-13H,(H,23,26). The van der Waals surface area contributed by atoms with Gasteiger partial charge in [0.15, 0.2) is 5.82 Å². The van der Waals surface area contributed by atoms with Crippen LogP contribution in [0, 0.1) is 5.82 Å². The maximum Gasteiger partial charge on any atom is 0.263 e. The minimum absolute atomic E-state index is 0.00522. The highest BCUT2D eigenvalue weighted by molar-refractivity contribution is 7.99. The van der Waals surface area contributed by atoms with Crippen LogP contribution in [0.25, 0.3) is 16.7 Å². The van der Waals surface area contributed by atoms with Crippen LogP contribution in [0.1, 0.15) is 0 Å². The average Bonchev–Trinajstić information content (AvgIpc) is 3.28. The van der Waals surface area contributed by atoms with E-state index in [4.69, 9.17) is 0 Å². The largest absolute Gasteiger partial charge is 0.263 e. The van der Waals surface area contributed by atoms with Crippen LogP contribution in [0.5, 0.6) is 0 Å². The molecule has 0 fully saturated rings. The molecule has 0 unspecified atom stereocenters. The first-order valence-electron chi connectivity index (χ1n) is 9.56. The van der Waals surface area contributed by atoms with Gasteiger partial charge in [-0.1, -0.05) is 30.3 Å². The number of halogens is 1. The lowest BCUT2D eigenvalue weighted by atomic mass is 10.3. The van der Waals surface area contributed by atoms with Crippen molar-refractivity contribution in [2.75, 3.05) is 4.72 Å². The van der Waals surface area contributed by atoms with Gasteiger partial charge in [0.05, 0.1) is 21.6 Å². The number of aromatic nitrogens is 6. The molecule has 0 amide bonds. The lowest BCUT2D eigenvalue weighted by Gasteiger charge is -2.12. The highest BCUT2D eigenvalue weighted by Gasteiger charge is 2.21. The first-order chi connectivity index (χ1) is 16.0. The van der Waals surface area contributed by atoms with E-state index in [-0.39, 0.29) is 15.7 Å². The summed E-state index contributed by atoms with van der Waals surface area (Å²) < 4.78 is 43.1. The van der Waals surface area contributed by atoms with Crippen molar-refractivity contribution >= 4 is 38.6 Å². The van der Waals surface area contributed by atoms with Gasteiger partial charge >= 0.3 is 0 Å². The molecule has 5 rings (SSSR count). The molecule has 0 atom stereocenters. The summed E-state index contributed by atoms with van der Waals surface area (Å²) in [5.41, 5.74) is 1.80. The Morgan fingerprint density at radius 3 is 2.24 bits per heavy atom. The fourth-order valence-electron chi connectivity index (χ4n) is 2.98. The summed E-state index contributed by atoms with van der Waals surface area (Å²) in [4.78, 5) is 8.93. The molecule has 0 radical (unpaired) electrons. The number of nitrogens with zero attached hydrogens (tertiary/aromatic N) is 6. The van der Waals surface area contributed by atoms with E-state index in [1.807, 2.05) is 36.4 Å². The second-order valence-electron chi connectivity index (χ2n) is 6.74. The molecule has 0 aliphatic heterocycles. The molecule has 164 valence electrons. The minimum atomic E-state index is -4.05. The van der Waals surface area contributed by atoms with Gasteiger partial charge in [0.1, 0.15) is 10.8 Å². The molecular formula is C21H14FN7O2S2. The van der Waals surface area contributed by atoms with Crippen LogP contribution in [0.2, 0.25) is 0 Å². The van der Waals surface area contributed by atoms with Crippen LogP contribution >= 0.6 is 11.8 Å². The Morgan fingerprint density at radius 2 is 1.52 bits per heavy atom. The Kier molecular flexibility index (Phi) is 5.44. The molecule has 5 aromatic rings. The summed E-state index contributed by atoms with van der Waals surface area (Å²) in [6.45, 7) is 0. The highest BCUT2D eigenvalue weighted by atomic mass is 32.2. The van der Waals surface area contributed by atoms with Gasteiger partial charge < -0.3 is 0 Å². The Hall–Kier alpha value is -3.90. The van der Waals surface area contributed by atoms with E-state index in [0.29, 0.717) is 16.2 Å². The predicted molar refractivity (Wildman–Crippen MR) is 120 cm³/mol. The first kappa shape index (κ1) is 21.0. The second kappa shape index (κ2) is 8.56. The molecule has 0 saturated heterocycles. The number of sulfonamides is 1. The third-order valence-corrected chi connectivity index (χ3v) is 6.79. The Balaban J connectivity index is 1.57. The molecule has 2 aromatic heterocycles. The SMILES string of the molecule is O=S(=O)(Nc1nc2ccccc2nc1Sc1nnnn1-c1ccccc1)c1ccc(F)cc1. The van der Waals surface area contributed by atoms with Crippen molar-refractivity contribution in [1.82, 2.24) is 30.2 Å². The number of hydrogen-bond acceptors (Lipinski definition) is 8. The number of benzene rings is 3. The van der Waals surface area contributed by atoms with Gasteiger partial charge in [-0.25, -0.2) is 22.8 Å². The van der Waals surface area contributed by atoms with Gasteiger partial charge in [0.25, 0.3) is 10.0 Å². The second-order valence-corrected chi connectivity index (χ2v) is 9.37. The van der Waals surface area contributed by atoms with E-state index < -0.39 is 15.8 Å². The number of tetrazole rings is 1. The summed E-state index contributed by atoms with van der Waals surface area (Å²) in [6.07, 6.45) is 0. The van der Waals surface area contributed by atoms with Gasteiger partial charge in [0.2, 0.25) is 5.16 Å². The number of hydrogen-bond donors (Lipinski definition) is 1. The van der Waals surface area contributed by atoms with E-state index in [0.717, 1.165) is 29.6 Å². The number of anilines is 1. The number of fused-ring (bicyclic) bond motifs is 1. The van der Waals surface area contributed by atoms with Crippen molar-refractivity contribution in [2.24, 2.45) is 0 Å². The highest BCUT2D eigenvalue weighted by Crippen LogP contribution is 2.33. The van der Waals surface area contributed by atoms with Crippen molar-refractivity contribution in [3.05, 3.63) is 84.7 Å². The first-order valence-corrected chi connectivity index (χ1v) is 11.9. The van der Waals surface area contributed by atoms with E-state index in [1.165, 1.54) is 16.8 Å². The van der Waals surface area contributed by atoms with Gasteiger partial charge in [-0.05, 0) is 70.7 Å². The summed E-state index contributed by atoms with van der Waals surface area (Å²) in [7, 11) is -4.05. The summed E-state index contributed by atoms with van der Waals surface area (Å²) >= 11 is 1.06. The van der Waals surface area contributed by atoms with Gasteiger partial charge in [0, 0.05) is 0 Å². The van der Waals surface area contributed by atoms with Crippen molar-refractivity contribution in [2.45, 2.75) is 15.1 Å². The zero-order valence-electron chi connectivity index (χ0n) is 16.7. The van der Waals surface area contributed by atoms with Crippen LogP contribution in [0.3, 0.4) is 0 Å². The monoisotopic (exact) mass is 479 g/mol. The summed E-state index contributed by atoms with van der Waals surface area (Å²) in [5, 5.41) is 12.4. The van der Waals surface area contributed by atoms with E-state index in [2.05, 4.69) is 30.2 Å². The summed E-state index contributed by atoms with van der Waals surface area (Å²) in [5.74, 6) is -0.533. The van der Waals surface area contributed by atoms with Crippen LogP contribution in [-0.2, 0) is 10.0 Å². The number of rotatable bonds is 6. The van der Waals surface area contributed by atoms with Crippen molar-refractivity contribution in [3.63, 3.8) is 0 Å². The molecule has 33 heavy (non-hydrogen) atoms. The topological polar surface area (TPSA) is 116 Å². The average molecular weight is 480 g/mol. The third kappa shape index (κ3) is 4.38. The molecule has 1 N–H and O–H groups in total. The van der Waals surface area contributed by atoms with Crippen LogP contribution in [0.4, 0.5) is 10.2 Å².